The molecule has 0 aliphatic heterocycles. The molecule has 0 bridgehead atoms. The maximum absolute atomic E-state index is 12.5. The fraction of sp³-hybridized carbons (Fsp3) is 0.294. The summed E-state index contributed by atoms with van der Waals surface area (Å²) in [5.74, 6) is 0. The quantitative estimate of drug-likeness (QED) is 0.825. The van der Waals surface area contributed by atoms with Crippen molar-refractivity contribution in [1.29, 1.82) is 0 Å². The Morgan fingerprint density at radius 2 is 1.24 bits per heavy atom. The Morgan fingerprint density at radius 3 is 1.71 bits per heavy atom. The molecule has 0 spiro atoms. The molecule has 0 saturated heterocycles. The van der Waals surface area contributed by atoms with Crippen LogP contribution in [0.3, 0.4) is 0 Å². The van der Waals surface area contributed by atoms with E-state index in [9.17, 15) is 13.2 Å². The number of nitrogens with one attached hydrogen (secondary N) is 1. The van der Waals surface area contributed by atoms with E-state index in [0.717, 1.165) is 23.3 Å². The van der Waals surface area contributed by atoms with Crippen LogP contribution in [0.15, 0.2) is 54.6 Å². The van der Waals surface area contributed by atoms with Gasteiger partial charge in [-0.2, -0.15) is 13.2 Å². The summed E-state index contributed by atoms with van der Waals surface area (Å²) in [6, 6.07) is 15.3. The number of benzene rings is 2. The molecule has 0 unspecified atom stereocenters. The minimum absolute atomic E-state index is 0.0255. The summed E-state index contributed by atoms with van der Waals surface area (Å²) < 4.78 is 37.6. The van der Waals surface area contributed by atoms with Crippen molar-refractivity contribution in [2.45, 2.75) is 32.1 Å². The van der Waals surface area contributed by atoms with Gasteiger partial charge in [0.2, 0.25) is 0 Å². The first-order chi connectivity index (χ1) is 9.88. The first kappa shape index (κ1) is 15.6. The van der Waals surface area contributed by atoms with Gasteiger partial charge in [0, 0.05) is 12.1 Å². The van der Waals surface area contributed by atoms with E-state index in [-0.39, 0.29) is 12.1 Å². The summed E-state index contributed by atoms with van der Waals surface area (Å²) in [7, 11) is 0. The first-order valence-electron chi connectivity index (χ1n) is 6.86. The predicted molar refractivity (Wildman–Crippen MR) is 77.9 cm³/mol. The molecule has 1 nitrogen and oxygen atoms in total. The lowest BCUT2D eigenvalue weighted by Gasteiger charge is -2.21. The van der Waals surface area contributed by atoms with Crippen LogP contribution < -0.4 is 5.32 Å². The first-order valence-corrected chi connectivity index (χ1v) is 6.86. The average Bonchev–Trinajstić information content (AvgIpc) is 2.47. The van der Waals surface area contributed by atoms with Crippen molar-refractivity contribution >= 4 is 0 Å². The number of hydrogen-bond donors (Lipinski definition) is 1. The Labute approximate surface area is 122 Å². The van der Waals surface area contributed by atoms with E-state index in [1.807, 2.05) is 44.2 Å². The van der Waals surface area contributed by atoms with Crippen LogP contribution in [-0.4, -0.2) is 0 Å². The molecule has 0 amide bonds. The van der Waals surface area contributed by atoms with Gasteiger partial charge in [-0.05, 0) is 37.1 Å². The van der Waals surface area contributed by atoms with E-state index in [2.05, 4.69) is 5.32 Å². The summed E-state index contributed by atoms with van der Waals surface area (Å²) in [6.07, 6.45) is -4.29. The number of hydrogen-bond acceptors (Lipinski definition) is 1. The van der Waals surface area contributed by atoms with Crippen molar-refractivity contribution in [2.24, 2.45) is 0 Å². The Morgan fingerprint density at radius 1 is 0.762 bits per heavy atom. The van der Waals surface area contributed by atoms with Gasteiger partial charge in [-0.15, -0.1) is 0 Å². The van der Waals surface area contributed by atoms with Crippen LogP contribution in [0.25, 0.3) is 0 Å². The smallest absolute Gasteiger partial charge is 0.304 e. The average molecular weight is 293 g/mol. The molecule has 4 heteroatoms. The summed E-state index contributed by atoms with van der Waals surface area (Å²) in [4.78, 5) is 0. The zero-order valence-electron chi connectivity index (χ0n) is 12.0. The topological polar surface area (TPSA) is 12.0 Å². The third-order valence-electron chi connectivity index (χ3n) is 3.54. The molecule has 1 N–H and O–H groups in total. The normalized spacial score (nSPS) is 14.7. The molecule has 2 rings (SSSR count). The third kappa shape index (κ3) is 4.08. The van der Waals surface area contributed by atoms with Crippen LogP contribution >= 0.6 is 0 Å². The van der Waals surface area contributed by atoms with Gasteiger partial charge < -0.3 is 5.32 Å². The van der Waals surface area contributed by atoms with Gasteiger partial charge >= 0.3 is 6.18 Å². The van der Waals surface area contributed by atoms with Crippen molar-refractivity contribution in [3.63, 3.8) is 0 Å². The lowest BCUT2D eigenvalue weighted by molar-refractivity contribution is -0.137. The molecule has 2 aromatic rings. The Hall–Kier alpha value is -1.81. The van der Waals surface area contributed by atoms with E-state index in [4.69, 9.17) is 0 Å². The Kier molecular flexibility index (Phi) is 4.68. The molecular weight excluding hydrogens is 275 g/mol. The minimum atomic E-state index is -4.29. The molecular formula is C17H18F3N. The highest BCUT2D eigenvalue weighted by Crippen LogP contribution is 2.30. The second kappa shape index (κ2) is 6.31. The van der Waals surface area contributed by atoms with Crippen molar-refractivity contribution in [1.82, 2.24) is 5.32 Å². The molecule has 0 heterocycles. The van der Waals surface area contributed by atoms with E-state index < -0.39 is 11.7 Å². The van der Waals surface area contributed by atoms with E-state index in [1.165, 1.54) is 12.1 Å². The van der Waals surface area contributed by atoms with Crippen LogP contribution in [-0.2, 0) is 6.18 Å². The van der Waals surface area contributed by atoms with Crippen LogP contribution in [0.5, 0.6) is 0 Å². The van der Waals surface area contributed by atoms with Crippen molar-refractivity contribution in [3.8, 4) is 0 Å². The van der Waals surface area contributed by atoms with Gasteiger partial charge in [-0.25, -0.2) is 0 Å². The van der Waals surface area contributed by atoms with E-state index in [1.54, 1.807) is 0 Å². The van der Waals surface area contributed by atoms with Crippen LogP contribution in [0, 0.1) is 0 Å². The fourth-order valence-corrected chi connectivity index (χ4v) is 2.27. The van der Waals surface area contributed by atoms with Crippen molar-refractivity contribution in [2.75, 3.05) is 0 Å². The molecule has 0 fully saturated rings. The van der Waals surface area contributed by atoms with E-state index >= 15 is 0 Å². The highest BCUT2D eigenvalue weighted by molar-refractivity contribution is 5.27. The highest BCUT2D eigenvalue weighted by atomic mass is 19.4. The van der Waals surface area contributed by atoms with Crippen LogP contribution in [0.1, 0.15) is 42.6 Å². The molecule has 21 heavy (non-hydrogen) atoms. The standard InChI is InChI=1S/C17H18F3N/c1-12(14-6-4-3-5-7-14)21-13(2)15-8-10-16(11-9-15)17(18,19)20/h3-13,21H,1-2H3/t12-,13-/m1/s1. The SMILES string of the molecule is C[C@@H](N[C@H](C)c1ccc(C(F)(F)F)cc1)c1ccccc1. The van der Waals surface area contributed by atoms with Gasteiger partial charge in [0.05, 0.1) is 5.56 Å². The Bertz CT molecular complexity index is 561. The summed E-state index contributed by atoms with van der Waals surface area (Å²) in [5, 5.41) is 3.39. The van der Waals surface area contributed by atoms with Crippen molar-refractivity contribution in [3.05, 3.63) is 71.3 Å². The van der Waals surface area contributed by atoms with Gasteiger partial charge in [0.15, 0.2) is 0 Å². The molecule has 0 radical (unpaired) electrons. The summed E-state index contributed by atoms with van der Waals surface area (Å²) in [5.41, 5.74) is 1.37. The van der Waals surface area contributed by atoms with Gasteiger partial charge in [-0.3, -0.25) is 0 Å². The maximum Gasteiger partial charge on any atom is 0.416 e. The maximum atomic E-state index is 12.5. The molecule has 0 aliphatic rings. The Balaban J connectivity index is 2.05. The number of rotatable bonds is 4. The fourth-order valence-electron chi connectivity index (χ4n) is 2.27. The lowest BCUT2D eigenvalue weighted by Crippen LogP contribution is -2.22. The predicted octanol–water partition coefficient (Wildman–Crippen LogP) is 5.12. The third-order valence-corrected chi connectivity index (χ3v) is 3.54. The zero-order chi connectivity index (χ0) is 15.5. The van der Waals surface area contributed by atoms with Crippen molar-refractivity contribution < 1.29 is 13.2 Å². The van der Waals surface area contributed by atoms with Gasteiger partial charge in [0.1, 0.15) is 0 Å². The molecule has 0 saturated carbocycles. The van der Waals surface area contributed by atoms with Crippen LogP contribution in [0.2, 0.25) is 0 Å². The van der Waals surface area contributed by atoms with E-state index in [0.29, 0.717) is 0 Å². The van der Waals surface area contributed by atoms with Gasteiger partial charge in [-0.1, -0.05) is 42.5 Å². The van der Waals surface area contributed by atoms with Gasteiger partial charge in [0.25, 0.3) is 0 Å². The summed E-state index contributed by atoms with van der Waals surface area (Å²) >= 11 is 0. The molecule has 0 aromatic heterocycles. The molecule has 2 atom stereocenters. The highest BCUT2D eigenvalue weighted by Gasteiger charge is 2.30. The largest absolute Gasteiger partial charge is 0.416 e. The molecule has 0 aliphatic carbocycles. The molecule has 112 valence electrons. The molecule has 2 aromatic carbocycles. The monoisotopic (exact) mass is 293 g/mol. The second-order valence-electron chi connectivity index (χ2n) is 5.14. The number of halogens is 3. The second-order valence-corrected chi connectivity index (χ2v) is 5.14. The zero-order valence-corrected chi connectivity index (χ0v) is 12.0. The lowest BCUT2D eigenvalue weighted by atomic mass is 10.0. The summed E-state index contributed by atoms with van der Waals surface area (Å²) in [6.45, 7) is 3.98. The number of alkyl halides is 3. The minimum Gasteiger partial charge on any atom is -0.304 e. The van der Waals surface area contributed by atoms with Crippen LogP contribution in [0.4, 0.5) is 13.2 Å².